The number of nitrogens with zero attached hydrogens (tertiary/aromatic N) is 6. The quantitative estimate of drug-likeness (QED) is 0.553. The highest BCUT2D eigenvalue weighted by Crippen LogP contribution is 2.27. The number of nitrogen functional groups attached to an aromatic ring is 1. The minimum atomic E-state index is -0.267. The molecule has 0 saturated carbocycles. The maximum Gasteiger partial charge on any atom is 0.184 e. The zero-order valence-electron chi connectivity index (χ0n) is 15.2. The molecular formula is C18H21N7O. The third-order valence-electron chi connectivity index (χ3n) is 3.67. The van der Waals surface area contributed by atoms with Crippen LogP contribution in [0.2, 0.25) is 0 Å². The molecule has 0 fully saturated rings. The molecule has 0 atom stereocenters. The maximum atomic E-state index is 10.5. The second kappa shape index (κ2) is 7.98. The number of aromatic nitrogens is 5. The number of anilines is 1. The molecule has 3 aromatic rings. The van der Waals surface area contributed by atoms with Crippen molar-refractivity contribution in [1.29, 1.82) is 5.26 Å². The molecule has 26 heavy (non-hydrogen) atoms. The molecule has 0 bridgehead atoms. The van der Waals surface area contributed by atoms with Gasteiger partial charge in [0.25, 0.3) is 0 Å². The van der Waals surface area contributed by atoms with Crippen LogP contribution in [0.3, 0.4) is 0 Å². The van der Waals surface area contributed by atoms with Gasteiger partial charge in [-0.05, 0) is 25.1 Å². The molecule has 8 heteroatoms. The van der Waals surface area contributed by atoms with E-state index in [2.05, 4.69) is 15.2 Å². The van der Waals surface area contributed by atoms with Crippen LogP contribution in [0, 0.1) is 18.3 Å². The number of aliphatic hydroxyl groups is 1. The minimum absolute atomic E-state index is 0.0417. The van der Waals surface area contributed by atoms with E-state index in [4.69, 9.17) is 5.73 Å². The van der Waals surface area contributed by atoms with Gasteiger partial charge in [-0.25, -0.2) is 4.68 Å². The van der Waals surface area contributed by atoms with Crippen LogP contribution >= 0.6 is 0 Å². The van der Waals surface area contributed by atoms with Crippen molar-refractivity contribution in [2.24, 2.45) is 7.05 Å². The summed E-state index contributed by atoms with van der Waals surface area (Å²) in [4.78, 5) is 4.21. The van der Waals surface area contributed by atoms with E-state index < -0.39 is 0 Å². The highest BCUT2D eigenvalue weighted by atomic mass is 16.3. The third-order valence-corrected chi connectivity index (χ3v) is 3.67. The highest BCUT2D eigenvalue weighted by molar-refractivity contribution is 5.88. The van der Waals surface area contributed by atoms with E-state index in [9.17, 15) is 10.4 Å². The van der Waals surface area contributed by atoms with Crippen LogP contribution in [-0.4, -0.2) is 29.7 Å². The van der Waals surface area contributed by atoms with E-state index >= 15 is 0 Å². The lowest BCUT2D eigenvalue weighted by Crippen LogP contribution is -2.02. The summed E-state index contributed by atoms with van der Waals surface area (Å²) in [6.07, 6.45) is 3.24. The molecule has 0 amide bonds. The lowest BCUT2D eigenvalue weighted by molar-refractivity contribution is 0.510. The van der Waals surface area contributed by atoms with Crippen molar-refractivity contribution in [2.45, 2.75) is 20.8 Å². The molecule has 3 rings (SSSR count). The van der Waals surface area contributed by atoms with E-state index in [-0.39, 0.29) is 17.3 Å². The number of aliphatic hydroxyl groups excluding tert-OH is 1. The molecule has 3 N–H and O–H groups in total. The van der Waals surface area contributed by atoms with Crippen molar-refractivity contribution in [3.8, 4) is 17.5 Å². The van der Waals surface area contributed by atoms with Crippen molar-refractivity contribution < 1.29 is 5.11 Å². The Labute approximate surface area is 151 Å². The first-order valence-electron chi connectivity index (χ1n) is 8.13. The highest BCUT2D eigenvalue weighted by Gasteiger charge is 2.20. The molecule has 3 heterocycles. The number of aryl methyl sites for hydroxylation is 1. The van der Waals surface area contributed by atoms with Gasteiger partial charge in [-0.3, -0.25) is 9.67 Å². The molecular weight excluding hydrogens is 330 g/mol. The van der Waals surface area contributed by atoms with E-state index in [0.717, 1.165) is 0 Å². The predicted molar refractivity (Wildman–Crippen MR) is 101 cm³/mol. The minimum Gasteiger partial charge on any atom is -0.504 e. The molecule has 0 saturated heterocycles. The number of pyridine rings is 1. The normalized spacial score (nSPS) is 11.2. The molecule has 8 nitrogen and oxygen atoms in total. The Morgan fingerprint density at radius 1 is 1.19 bits per heavy atom. The van der Waals surface area contributed by atoms with E-state index in [1.165, 1.54) is 9.36 Å². The summed E-state index contributed by atoms with van der Waals surface area (Å²) in [5.41, 5.74) is 8.03. The summed E-state index contributed by atoms with van der Waals surface area (Å²) in [7, 11) is 1.71. The topological polar surface area (TPSA) is 119 Å². The average Bonchev–Trinajstić information content (AvgIpc) is 3.23. The summed E-state index contributed by atoms with van der Waals surface area (Å²) in [6.45, 7) is 5.76. The van der Waals surface area contributed by atoms with Crippen molar-refractivity contribution in [1.82, 2.24) is 24.5 Å². The Kier molecular flexibility index (Phi) is 5.75. The van der Waals surface area contributed by atoms with Crippen LogP contribution in [0.25, 0.3) is 22.8 Å². The second-order valence-electron chi connectivity index (χ2n) is 5.14. The Balaban J connectivity index is 0.00000117. The molecule has 0 spiro atoms. The number of nitrogens with two attached hydrogens (primary N) is 1. The largest absolute Gasteiger partial charge is 0.504 e. The fraction of sp³-hybridized carbons (Fsp3) is 0.222. The summed E-state index contributed by atoms with van der Waals surface area (Å²) >= 11 is 0. The Bertz CT molecular complexity index is 961. The van der Waals surface area contributed by atoms with Gasteiger partial charge in [-0.1, -0.05) is 19.9 Å². The maximum absolute atomic E-state index is 10.5. The average molecular weight is 351 g/mol. The van der Waals surface area contributed by atoms with Crippen LogP contribution in [0.5, 0.6) is 0 Å². The predicted octanol–water partition coefficient (Wildman–Crippen LogP) is 3.00. The SMILES string of the molecule is CC.Cc1c(/C(O)=C(\C#N)n2ccc(-c3ccccn3)n2)c(N)nn1C. The lowest BCUT2D eigenvalue weighted by atomic mass is 10.1. The summed E-state index contributed by atoms with van der Waals surface area (Å²) in [6, 6.07) is 9.14. The fourth-order valence-electron chi connectivity index (χ4n) is 2.36. The monoisotopic (exact) mass is 351 g/mol. The number of rotatable bonds is 3. The molecule has 0 unspecified atom stereocenters. The lowest BCUT2D eigenvalue weighted by Gasteiger charge is -2.05. The number of hydrogen-bond acceptors (Lipinski definition) is 6. The number of allylic oxidation sites excluding steroid dienone is 1. The van der Waals surface area contributed by atoms with Gasteiger partial charge in [0.1, 0.15) is 11.8 Å². The standard InChI is InChI=1S/C16H15N7O.C2H6/c1-10-14(16(18)21-22(10)2)15(24)13(9-17)23-8-6-12(20-23)11-5-3-4-7-19-11;1-2/h3-8,24H,1-2H3,(H2,18,21);1-2H3/b15-13-;. The molecule has 0 aliphatic heterocycles. The first-order chi connectivity index (χ1) is 12.5. The Morgan fingerprint density at radius 3 is 2.46 bits per heavy atom. The smallest absolute Gasteiger partial charge is 0.184 e. The van der Waals surface area contributed by atoms with Crippen LogP contribution in [0.15, 0.2) is 36.7 Å². The zero-order chi connectivity index (χ0) is 19.3. The van der Waals surface area contributed by atoms with Gasteiger partial charge >= 0.3 is 0 Å². The zero-order valence-corrected chi connectivity index (χ0v) is 15.2. The van der Waals surface area contributed by atoms with Crippen LogP contribution in [-0.2, 0) is 7.05 Å². The van der Waals surface area contributed by atoms with Gasteiger partial charge in [-0.15, -0.1) is 0 Å². The summed E-state index contributed by atoms with van der Waals surface area (Å²) in [5, 5.41) is 28.4. The number of hydrogen-bond donors (Lipinski definition) is 2. The third kappa shape index (κ3) is 3.42. The summed E-state index contributed by atoms with van der Waals surface area (Å²) < 4.78 is 2.84. The molecule has 134 valence electrons. The first kappa shape index (κ1) is 18.7. The van der Waals surface area contributed by atoms with Gasteiger partial charge in [0.15, 0.2) is 17.3 Å². The molecule has 0 aromatic carbocycles. The van der Waals surface area contributed by atoms with Gasteiger partial charge in [0, 0.05) is 25.1 Å². The molecule has 3 aromatic heterocycles. The molecule has 0 radical (unpaired) electrons. The molecule has 0 aliphatic carbocycles. The van der Waals surface area contributed by atoms with E-state index in [0.29, 0.717) is 22.6 Å². The van der Waals surface area contributed by atoms with E-state index in [1.807, 2.05) is 32.0 Å². The van der Waals surface area contributed by atoms with Gasteiger partial charge in [-0.2, -0.15) is 15.5 Å². The van der Waals surface area contributed by atoms with E-state index in [1.54, 1.807) is 38.5 Å². The van der Waals surface area contributed by atoms with Crippen molar-refractivity contribution in [3.05, 3.63) is 47.9 Å². The second-order valence-corrected chi connectivity index (χ2v) is 5.14. The van der Waals surface area contributed by atoms with Crippen molar-refractivity contribution >= 4 is 17.3 Å². The van der Waals surface area contributed by atoms with Gasteiger partial charge < -0.3 is 10.8 Å². The fourth-order valence-corrected chi connectivity index (χ4v) is 2.36. The Morgan fingerprint density at radius 2 is 1.92 bits per heavy atom. The first-order valence-corrected chi connectivity index (χ1v) is 8.13. The van der Waals surface area contributed by atoms with Crippen LogP contribution in [0.4, 0.5) is 5.82 Å². The number of nitriles is 1. The van der Waals surface area contributed by atoms with Gasteiger partial charge in [0.05, 0.1) is 11.3 Å². The van der Waals surface area contributed by atoms with Crippen molar-refractivity contribution in [3.63, 3.8) is 0 Å². The van der Waals surface area contributed by atoms with Gasteiger partial charge in [0.2, 0.25) is 0 Å². The van der Waals surface area contributed by atoms with Crippen LogP contribution < -0.4 is 5.73 Å². The van der Waals surface area contributed by atoms with Crippen molar-refractivity contribution in [2.75, 3.05) is 5.73 Å². The molecule has 0 aliphatic rings. The van der Waals surface area contributed by atoms with Crippen LogP contribution in [0.1, 0.15) is 25.1 Å². The Hall–Kier alpha value is -3.60. The summed E-state index contributed by atoms with van der Waals surface area (Å²) in [5.74, 6) is -0.117.